The van der Waals surface area contributed by atoms with Crippen LogP contribution in [0.1, 0.15) is 10.4 Å². The minimum atomic E-state index is -0.150. The molecule has 0 saturated heterocycles. The SMILES string of the molecule is COc1ccc(CNCc2ccc(F)s2)cc1OC.Cl. The number of methoxy groups -OCH3 is 2. The smallest absolute Gasteiger partial charge is 0.176 e. The highest BCUT2D eigenvalue weighted by Gasteiger charge is 2.04. The minimum absolute atomic E-state index is 0. The number of rotatable bonds is 6. The van der Waals surface area contributed by atoms with Gasteiger partial charge in [-0.1, -0.05) is 6.07 Å². The van der Waals surface area contributed by atoms with Gasteiger partial charge in [0.1, 0.15) is 0 Å². The standard InChI is InChI=1S/C14H16FNO2S.ClH/c1-17-12-5-3-10(7-13(12)18-2)8-16-9-11-4-6-14(15)19-11;/h3-7,16H,8-9H2,1-2H3;1H. The van der Waals surface area contributed by atoms with Gasteiger partial charge in [-0.2, -0.15) is 4.39 Å². The molecule has 0 aliphatic rings. The van der Waals surface area contributed by atoms with Gasteiger partial charge in [0.05, 0.1) is 14.2 Å². The van der Waals surface area contributed by atoms with Crippen molar-refractivity contribution < 1.29 is 13.9 Å². The summed E-state index contributed by atoms with van der Waals surface area (Å²) in [6.45, 7) is 1.35. The molecule has 2 aromatic rings. The molecule has 0 amide bonds. The zero-order valence-electron chi connectivity index (χ0n) is 11.3. The van der Waals surface area contributed by atoms with Gasteiger partial charge < -0.3 is 14.8 Å². The lowest BCUT2D eigenvalue weighted by atomic mass is 10.2. The first kappa shape index (κ1) is 16.8. The van der Waals surface area contributed by atoms with E-state index in [1.54, 1.807) is 20.3 Å². The van der Waals surface area contributed by atoms with E-state index in [-0.39, 0.29) is 17.5 Å². The Kier molecular flexibility index (Phi) is 6.78. The fraction of sp³-hybridized carbons (Fsp3) is 0.286. The van der Waals surface area contributed by atoms with Crippen molar-refractivity contribution in [2.45, 2.75) is 13.1 Å². The van der Waals surface area contributed by atoms with Crippen LogP contribution < -0.4 is 14.8 Å². The second kappa shape index (κ2) is 8.09. The molecule has 0 spiro atoms. The summed E-state index contributed by atoms with van der Waals surface area (Å²) in [7, 11) is 3.23. The summed E-state index contributed by atoms with van der Waals surface area (Å²) in [5.41, 5.74) is 1.09. The summed E-state index contributed by atoms with van der Waals surface area (Å²) >= 11 is 1.16. The minimum Gasteiger partial charge on any atom is -0.493 e. The lowest BCUT2D eigenvalue weighted by molar-refractivity contribution is 0.354. The molecule has 0 bridgehead atoms. The molecule has 6 heteroatoms. The van der Waals surface area contributed by atoms with Crippen LogP contribution in [0.25, 0.3) is 0 Å². The molecule has 0 radical (unpaired) electrons. The van der Waals surface area contributed by atoms with Crippen molar-refractivity contribution in [1.82, 2.24) is 5.32 Å². The Hall–Kier alpha value is -1.30. The van der Waals surface area contributed by atoms with Crippen molar-refractivity contribution in [2.75, 3.05) is 14.2 Å². The van der Waals surface area contributed by atoms with Gasteiger partial charge in [0.15, 0.2) is 16.6 Å². The molecule has 0 saturated carbocycles. The number of hydrogen-bond acceptors (Lipinski definition) is 4. The predicted molar refractivity (Wildman–Crippen MR) is 81.6 cm³/mol. The van der Waals surface area contributed by atoms with Crippen LogP contribution in [0.3, 0.4) is 0 Å². The van der Waals surface area contributed by atoms with Gasteiger partial charge >= 0.3 is 0 Å². The van der Waals surface area contributed by atoms with Crippen molar-refractivity contribution in [3.8, 4) is 11.5 Å². The third-order valence-corrected chi connectivity index (χ3v) is 3.58. The molecule has 110 valence electrons. The molecule has 1 heterocycles. The predicted octanol–water partition coefficient (Wildman–Crippen LogP) is 3.62. The van der Waals surface area contributed by atoms with E-state index in [0.29, 0.717) is 24.6 Å². The van der Waals surface area contributed by atoms with Crippen LogP contribution in [-0.4, -0.2) is 14.2 Å². The molecule has 0 unspecified atom stereocenters. The zero-order valence-corrected chi connectivity index (χ0v) is 12.9. The lowest BCUT2D eigenvalue weighted by Crippen LogP contribution is -2.11. The van der Waals surface area contributed by atoms with E-state index in [1.165, 1.54) is 6.07 Å². The van der Waals surface area contributed by atoms with Gasteiger partial charge in [0.25, 0.3) is 0 Å². The first-order chi connectivity index (χ1) is 9.22. The first-order valence-corrected chi connectivity index (χ1v) is 6.70. The topological polar surface area (TPSA) is 30.5 Å². The third kappa shape index (κ3) is 4.37. The molecule has 20 heavy (non-hydrogen) atoms. The molecule has 2 rings (SSSR count). The Morgan fingerprint density at radius 2 is 1.80 bits per heavy atom. The average Bonchev–Trinajstić information content (AvgIpc) is 2.84. The van der Waals surface area contributed by atoms with E-state index in [2.05, 4.69) is 5.32 Å². The van der Waals surface area contributed by atoms with Crippen LogP contribution in [0, 0.1) is 5.13 Å². The van der Waals surface area contributed by atoms with Crippen LogP contribution in [0.5, 0.6) is 11.5 Å². The fourth-order valence-corrected chi connectivity index (χ4v) is 2.46. The Balaban J connectivity index is 0.00000200. The number of thiophene rings is 1. The third-order valence-electron chi connectivity index (χ3n) is 2.71. The number of halogens is 2. The first-order valence-electron chi connectivity index (χ1n) is 5.88. The van der Waals surface area contributed by atoms with Crippen molar-refractivity contribution in [1.29, 1.82) is 0 Å². The summed E-state index contributed by atoms with van der Waals surface area (Å²) in [4.78, 5) is 0.984. The molecular formula is C14H17ClFNO2S. The van der Waals surface area contributed by atoms with E-state index >= 15 is 0 Å². The Bertz CT molecular complexity index is 548. The van der Waals surface area contributed by atoms with Gasteiger partial charge in [-0.3, -0.25) is 0 Å². The van der Waals surface area contributed by atoms with Gasteiger partial charge in [-0.15, -0.1) is 23.7 Å². The maximum absolute atomic E-state index is 12.8. The quantitative estimate of drug-likeness (QED) is 0.882. The average molecular weight is 318 g/mol. The van der Waals surface area contributed by atoms with Gasteiger partial charge in [-0.25, -0.2) is 0 Å². The fourth-order valence-electron chi connectivity index (χ4n) is 1.77. The molecule has 0 fully saturated rings. The van der Waals surface area contributed by atoms with Crippen LogP contribution in [0.2, 0.25) is 0 Å². The highest BCUT2D eigenvalue weighted by atomic mass is 35.5. The molecular weight excluding hydrogens is 301 g/mol. The van der Waals surface area contributed by atoms with Crippen molar-refractivity contribution >= 4 is 23.7 Å². The lowest BCUT2D eigenvalue weighted by Gasteiger charge is -2.10. The maximum Gasteiger partial charge on any atom is 0.176 e. The highest BCUT2D eigenvalue weighted by Crippen LogP contribution is 2.27. The molecule has 0 aliphatic carbocycles. The van der Waals surface area contributed by atoms with Gasteiger partial charge in [0.2, 0.25) is 0 Å². The zero-order chi connectivity index (χ0) is 13.7. The van der Waals surface area contributed by atoms with Gasteiger partial charge in [0, 0.05) is 18.0 Å². The summed E-state index contributed by atoms with van der Waals surface area (Å²) in [5, 5.41) is 3.12. The van der Waals surface area contributed by atoms with E-state index in [0.717, 1.165) is 21.8 Å². The van der Waals surface area contributed by atoms with Crippen LogP contribution in [-0.2, 0) is 13.1 Å². The molecule has 1 aromatic heterocycles. The highest BCUT2D eigenvalue weighted by molar-refractivity contribution is 7.10. The van der Waals surface area contributed by atoms with Crippen molar-refractivity contribution in [2.24, 2.45) is 0 Å². The molecule has 0 atom stereocenters. The second-order valence-electron chi connectivity index (χ2n) is 4.00. The molecule has 0 aliphatic heterocycles. The molecule has 1 aromatic carbocycles. The monoisotopic (exact) mass is 317 g/mol. The summed E-state index contributed by atoms with van der Waals surface area (Å²) in [6.07, 6.45) is 0. The number of benzene rings is 1. The Morgan fingerprint density at radius 3 is 2.40 bits per heavy atom. The normalized spacial score (nSPS) is 9.95. The van der Waals surface area contributed by atoms with Crippen molar-refractivity contribution in [3.63, 3.8) is 0 Å². The largest absolute Gasteiger partial charge is 0.493 e. The van der Waals surface area contributed by atoms with Crippen LogP contribution in [0.4, 0.5) is 4.39 Å². The van der Waals surface area contributed by atoms with Gasteiger partial charge in [-0.05, 0) is 29.8 Å². The van der Waals surface area contributed by atoms with Crippen LogP contribution in [0.15, 0.2) is 30.3 Å². The molecule has 3 nitrogen and oxygen atoms in total. The Labute approximate surface area is 128 Å². The maximum atomic E-state index is 12.8. The number of hydrogen-bond donors (Lipinski definition) is 1. The van der Waals surface area contributed by atoms with E-state index in [4.69, 9.17) is 9.47 Å². The van der Waals surface area contributed by atoms with E-state index in [1.807, 2.05) is 18.2 Å². The Morgan fingerprint density at radius 1 is 1.05 bits per heavy atom. The van der Waals surface area contributed by atoms with E-state index in [9.17, 15) is 4.39 Å². The van der Waals surface area contributed by atoms with E-state index < -0.39 is 0 Å². The van der Waals surface area contributed by atoms with Crippen LogP contribution >= 0.6 is 23.7 Å². The van der Waals surface area contributed by atoms with Crippen molar-refractivity contribution in [3.05, 3.63) is 45.9 Å². The summed E-state index contributed by atoms with van der Waals surface area (Å²) < 4.78 is 23.2. The molecule has 1 N–H and O–H groups in total. The summed E-state index contributed by atoms with van der Waals surface area (Å²) in [6, 6.07) is 9.06. The number of nitrogens with one attached hydrogen (secondary N) is 1. The summed E-state index contributed by atoms with van der Waals surface area (Å²) in [5.74, 6) is 1.43. The number of ether oxygens (including phenoxy) is 2. The second-order valence-corrected chi connectivity index (χ2v) is 5.12.